The van der Waals surface area contributed by atoms with E-state index in [1.165, 1.54) is 6.07 Å². The minimum atomic E-state index is -0.838. The van der Waals surface area contributed by atoms with E-state index in [-0.39, 0.29) is 29.2 Å². The molecule has 7 rings (SSSR count). The summed E-state index contributed by atoms with van der Waals surface area (Å²) in [5.74, 6) is -2.79. The van der Waals surface area contributed by atoms with Gasteiger partial charge in [0.1, 0.15) is 12.3 Å². The van der Waals surface area contributed by atoms with E-state index in [2.05, 4.69) is 21.2 Å². The molecule has 4 aliphatic rings. The van der Waals surface area contributed by atoms with E-state index >= 15 is 0 Å². The van der Waals surface area contributed by atoms with Crippen LogP contribution in [0.2, 0.25) is 0 Å². The lowest BCUT2D eigenvalue weighted by Gasteiger charge is -2.51. The molecule has 0 unspecified atom stereocenters. The summed E-state index contributed by atoms with van der Waals surface area (Å²) < 4.78 is -0.838. The molecule has 3 aromatic rings. The zero-order chi connectivity index (χ0) is 22.9. The van der Waals surface area contributed by atoms with Crippen molar-refractivity contribution < 1.29 is 19.5 Å². The highest BCUT2D eigenvalue weighted by Gasteiger charge is 2.67. The van der Waals surface area contributed by atoms with Gasteiger partial charge < -0.3 is 10.4 Å². The van der Waals surface area contributed by atoms with Crippen LogP contribution in [-0.2, 0) is 18.7 Å². The lowest BCUT2D eigenvalue weighted by Crippen LogP contribution is -2.50. The number of alkyl halides is 1. The summed E-state index contributed by atoms with van der Waals surface area (Å²) in [5.41, 5.74) is 4.30. The molecule has 3 aliphatic carbocycles. The van der Waals surface area contributed by atoms with Crippen molar-refractivity contribution in [2.24, 2.45) is 11.8 Å². The maximum absolute atomic E-state index is 13.7. The molecule has 0 radical (unpaired) electrons. The van der Waals surface area contributed by atoms with Gasteiger partial charge in [0.25, 0.3) is 0 Å². The number of nitrogens with one attached hydrogen (secondary N) is 1. The highest BCUT2D eigenvalue weighted by atomic mass is 79.9. The minimum absolute atomic E-state index is 0.0815. The third-order valence-electron chi connectivity index (χ3n) is 7.09. The molecule has 7 heteroatoms. The normalized spacial score (nSPS) is 26.6. The van der Waals surface area contributed by atoms with Crippen LogP contribution in [0.5, 0.6) is 5.75 Å². The lowest BCUT2D eigenvalue weighted by atomic mass is 9.55. The Labute approximate surface area is 198 Å². The summed E-state index contributed by atoms with van der Waals surface area (Å²) in [4.78, 5) is 41.1. The first-order chi connectivity index (χ1) is 15.9. The maximum atomic E-state index is 13.7. The molecule has 1 fully saturated rings. The number of rotatable bonds is 3. The van der Waals surface area contributed by atoms with Crippen molar-refractivity contribution in [2.75, 3.05) is 11.9 Å². The summed E-state index contributed by atoms with van der Waals surface area (Å²) in [6.07, 6.45) is 0. The fourth-order valence-electron chi connectivity index (χ4n) is 5.81. The Morgan fingerprint density at radius 1 is 0.909 bits per heavy atom. The van der Waals surface area contributed by atoms with Crippen LogP contribution in [0.1, 0.15) is 28.2 Å². The molecule has 0 aromatic heterocycles. The van der Waals surface area contributed by atoms with Gasteiger partial charge in [0.2, 0.25) is 17.7 Å². The van der Waals surface area contributed by atoms with Gasteiger partial charge in [-0.05, 0) is 34.4 Å². The second kappa shape index (κ2) is 7.02. The van der Waals surface area contributed by atoms with Gasteiger partial charge in [-0.2, -0.15) is 0 Å². The summed E-state index contributed by atoms with van der Waals surface area (Å²) >= 11 is 3.93. The number of phenolic OH excluding ortho intramolecular Hbond substituents is 1. The Morgan fingerprint density at radius 3 is 2.12 bits per heavy atom. The standard InChI is InChI=1S/C26H19BrN2O4/c27-26-16-9-3-1-7-14(16)21(15-8-2-4-10-17(15)26)22-23(26)25(33)29(24(22)32)13-20(31)28-18-11-5-6-12-19(18)30/h1-12,21-23,30H,13H2,(H,28,31)/t21?,22-,23+,26?/m1/s1. The fourth-order valence-corrected chi connectivity index (χ4v) is 7.01. The lowest BCUT2D eigenvalue weighted by molar-refractivity contribution is -0.142. The number of aromatic hydroxyl groups is 1. The van der Waals surface area contributed by atoms with Crippen molar-refractivity contribution in [3.8, 4) is 5.75 Å². The first-order valence-corrected chi connectivity index (χ1v) is 11.5. The Morgan fingerprint density at radius 2 is 1.48 bits per heavy atom. The van der Waals surface area contributed by atoms with Crippen LogP contribution in [0.3, 0.4) is 0 Å². The third-order valence-corrected chi connectivity index (χ3v) is 8.43. The van der Waals surface area contributed by atoms with Gasteiger partial charge in [-0.25, -0.2) is 0 Å². The monoisotopic (exact) mass is 502 g/mol. The molecule has 33 heavy (non-hydrogen) atoms. The van der Waals surface area contributed by atoms with Crippen LogP contribution < -0.4 is 5.32 Å². The average molecular weight is 503 g/mol. The van der Waals surface area contributed by atoms with E-state index in [1.807, 2.05) is 48.5 Å². The predicted octanol–water partition coefficient (Wildman–Crippen LogP) is 3.73. The number of imide groups is 1. The van der Waals surface area contributed by atoms with Gasteiger partial charge in [0, 0.05) is 5.92 Å². The van der Waals surface area contributed by atoms with Gasteiger partial charge in [-0.15, -0.1) is 0 Å². The van der Waals surface area contributed by atoms with Crippen molar-refractivity contribution in [2.45, 2.75) is 10.2 Å². The SMILES string of the molecule is O=C(CN1C(=O)[C@@H]2C3c4ccccc4C(Br)(c4ccccc43)[C@@H]2C1=O)Nc1ccccc1O. The maximum Gasteiger partial charge on any atom is 0.244 e. The van der Waals surface area contributed by atoms with Crippen molar-refractivity contribution in [3.63, 3.8) is 0 Å². The first-order valence-electron chi connectivity index (χ1n) is 10.7. The van der Waals surface area contributed by atoms with Crippen LogP contribution >= 0.6 is 15.9 Å². The number of carbonyl (C=O) groups excluding carboxylic acids is 3. The van der Waals surface area contributed by atoms with Crippen molar-refractivity contribution in [3.05, 3.63) is 95.1 Å². The number of phenols is 1. The van der Waals surface area contributed by atoms with Crippen molar-refractivity contribution >= 4 is 39.3 Å². The van der Waals surface area contributed by atoms with E-state index in [9.17, 15) is 19.5 Å². The second-order valence-corrected chi connectivity index (χ2v) is 9.95. The van der Waals surface area contributed by atoms with Crippen molar-refractivity contribution in [1.29, 1.82) is 0 Å². The second-order valence-electron chi connectivity index (χ2n) is 8.70. The number of nitrogens with zero attached hydrogens (tertiary/aromatic N) is 1. The highest BCUT2D eigenvalue weighted by Crippen LogP contribution is 2.66. The number of hydrogen-bond acceptors (Lipinski definition) is 4. The molecule has 1 heterocycles. The minimum Gasteiger partial charge on any atom is -0.506 e. The Bertz CT molecular complexity index is 1310. The molecular weight excluding hydrogens is 484 g/mol. The number of halogens is 1. The van der Waals surface area contributed by atoms with Crippen LogP contribution in [-0.4, -0.2) is 34.3 Å². The number of benzene rings is 3. The quantitative estimate of drug-likeness (QED) is 0.324. The van der Waals surface area contributed by atoms with E-state index in [4.69, 9.17) is 0 Å². The highest BCUT2D eigenvalue weighted by molar-refractivity contribution is 9.09. The number of amides is 3. The zero-order valence-corrected chi connectivity index (χ0v) is 19.0. The van der Waals surface area contributed by atoms with Gasteiger partial charge in [-0.3, -0.25) is 19.3 Å². The van der Waals surface area contributed by atoms with Crippen LogP contribution in [0.4, 0.5) is 5.69 Å². The summed E-state index contributed by atoms with van der Waals surface area (Å²) in [5, 5.41) is 12.5. The summed E-state index contributed by atoms with van der Waals surface area (Å²) in [7, 11) is 0. The molecule has 0 spiro atoms. The Kier molecular flexibility index (Phi) is 4.29. The predicted molar refractivity (Wildman–Crippen MR) is 125 cm³/mol. The molecule has 3 aromatic carbocycles. The molecular formula is C26H19BrN2O4. The summed E-state index contributed by atoms with van der Waals surface area (Å²) in [6.45, 7) is -0.401. The molecule has 2 N–H and O–H groups in total. The number of hydrogen-bond donors (Lipinski definition) is 2. The molecule has 164 valence electrons. The molecule has 2 bridgehead atoms. The van der Waals surface area contributed by atoms with Gasteiger partial charge >= 0.3 is 0 Å². The smallest absolute Gasteiger partial charge is 0.244 e. The van der Waals surface area contributed by atoms with E-state index in [1.54, 1.807) is 18.2 Å². The first kappa shape index (κ1) is 20.2. The van der Waals surface area contributed by atoms with E-state index in [0.717, 1.165) is 27.2 Å². The van der Waals surface area contributed by atoms with Gasteiger partial charge in [0.05, 0.1) is 21.8 Å². The third kappa shape index (κ3) is 2.63. The Hall–Kier alpha value is -3.45. The van der Waals surface area contributed by atoms with Gasteiger partial charge in [-0.1, -0.05) is 76.6 Å². The molecule has 2 atom stereocenters. The fraction of sp³-hybridized carbons (Fsp3) is 0.192. The molecule has 3 amide bonds. The van der Waals surface area contributed by atoms with E-state index in [0.29, 0.717) is 0 Å². The average Bonchev–Trinajstić information content (AvgIpc) is 3.07. The van der Waals surface area contributed by atoms with Crippen LogP contribution in [0.15, 0.2) is 72.8 Å². The molecule has 0 saturated carbocycles. The number of likely N-dealkylation sites (tertiary alicyclic amines) is 1. The topological polar surface area (TPSA) is 86.7 Å². The number of anilines is 1. The van der Waals surface area contributed by atoms with Crippen LogP contribution in [0.25, 0.3) is 0 Å². The number of carbonyl (C=O) groups is 3. The van der Waals surface area contributed by atoms with Crippen LogP contribution in [0, 0.1) is 11.8 Å². The van der Waals surface area contributed by atoms with Gasteiger partial charge in [0.15, 0.2) is 0 Å². The largest absolute Gasteiger partial charge is 0.506 e. The Balaban J connectivity index is 1.40. The summed E-state index contributed by atoms with van der Waals surface area (Å²) in [6, 6.07) is 22.2. The molecule has 6 nitrogen and oxygen atoms in total. The van der Waals surface area contributed by atoms with Crippen molar-refractivity contribution in [1.82, 2.24) is 4.90 Å². The number of para-hydroxylation sites is 2. The van der Waals surface area contributed by atoms with E-state index < -0.39 is 28.6 Å². The molecule has 1 aliphatic heterocycles. The molecule has 1 saturated heterocycles. The zero-order valence-electron chi connectivity index (χ0n) is 17.4.